The number of halogens is 5. The second-order valence-electron chi connectivity index (χ2n) is 8.01. The van der Waals surface area contributed by atoms with Crippen molar-refractivity contribution in [1.29, 1.82) is 0 Å². The molecule has 0 radical (unpaired) electrons. The first-order valence-electron chi connectivity index (χ1n) is 10.3. The summed E-state index contributed by atoms with van der Waals surface area (Å²) in [6, 6.07) is 15.5. The molecule has 1 N–H and O–H groups in total. The van der Waals surface area contributed by atoms with Crippen molar-refractivity contribution in [1.82, 2.24) is 9.80 Å². The quantitative estimate of drug-likeness (QED) is 0.684. The van der Waals surface area contributed by atoms with E-state index in [1.807, 2.05) is 12.1 Å². The van der Waals surface area contributed by atoms with Crippen molar-refractivity contribution < 1.29 is 18.3 Å². The molecule has 2 atom stereocenters. The molecule has 0 saturated carbocycles. The van der Waals surface area contributed by atoms with Crippen LogP contribution >= 0.6 is 24.8 Å². The van der Waals surface area contributed by atoms with E-state index in [0.29, 0.717) is 24.1 Å². The average molecular weight is 477 g/mol. The predicted molar refractivity (Wildman–Crippen MR) is 121 cm³/mol. The number of benzene rings is 2. The Morgan fingerprint density at radius 1 is 0.903 bits per heavy atom. The monoisotopic (exact) mass is 476 g/mol. The molecule has 0 spiro atoms. The summed E-state index contributed by atoms with van der Waals surface area (Å²) in [5, 5.41) is 9.14. The molecule has 2 aliphatic rings. The van der Waals surface area contributed by atoms with Gasteiger partial charge in [0.1, 0.15) is 5.41 Å². The van der Waals surface area contributed by atoms with Crippen LogP contribution in [0.1, 0.15) is 35.6 Å². The molecule has 8 heteroatoms. The number of hydrogen-bond acceptors (Lipinski definition) is 3. The zero-order valence-corrected chi connectivity index (χ0v) is 18.9. The third-order valence-corrected chi connectivity index (χ3v) is 6.59. The minimum Gasteiger partial charge on any atom is -0.395 e. The number of aliphatic hydroxyl groups excluding tert-OH is 1. The molecule has 1 heterocycles. The molecule has 172 valence electrons. The highest BCUT2D eigenvalue weighted by atomic mass is 35.5. The highest BCUT2D eigenvalue weighted by Gasteiger charge is 2.59. The van der Waals surface area contributed by atoms with Crippen LogP contribution in [-0.2, 0) is 5.41 Å². The molecule has 1 aliphatic carbocycles. The van der Waals surface area contributed by atoms with Gasteiger partial charge in [0.2, 0.25) is 0 Å². The van der Waals surface area contributed by atoms with Crippen LogP contribution < -0.4 is 0 Å². The van der Waals surface area contributed by atoms with Crippen molar-refractivity contribution in [3.63, 3.8) is 0 Å². The van der Waals surface area contributed by atoms with E-state index in [0.717, 1.165) is 31.7 Å². The smallest absolute Gasteiger partial charge is 0.395 e. The van der Waals surface area contributed by atoms with Crippen LogP contribution in [0.5, 0.6) is 0 Å². The van der Waals surface area contributed by atoms with Crippen molar-refractivity contribution in [2.45, 2.75) is 30.5 Å². The summed E-state index contributed by atoms with van der Waals surface area (Å²) in [7, 11) is 0. The highest BCUT2D eigenvalue weighted by Crippen LogP contribution is 2.55. The fourth-order valence-corrected chi connectivity index (χ4v) is 5.12. The zero-order valence-electron chi connectivity index (χ0n) is 17.2. The molecule has 0 amide bonds. The first-order chi connectivity index (χ1) is 14.0. The van der Waals surface area contributed by atoms with Gasteiger partial charge in [0, 0.05) is 38.8 Å². The Balaban J connectivity index is 0.00000171. The number of rotatable bonds is 4. The number of β-amino-alcohol motifs (C(OH)–C–C–N with tert-alkyl or cyclic N) is 1. The Bertz CT molecular complexity index is 829. The van der Waals surface area contributed by atoms with E-state index in [4.69, 9.17) is 5.11 Å². The van der Waals surface area contributed by atoms with E-state index < -0.39 is 11.6 Å². The van der Waals surface area contributed by atoms with Gasteiger partial charge >= 0.3 is 6.18 Å². The van der Waals surface area contributed by atoms with Gasteiger partial charge in [-0.15, -0.1) is 24.8 Å². The van der Waals surface area contributed by atoms with Crippen LogP contribution in [0.4, 0.5) is 13.2 Å². The van der Waals surface area contributed by atoms with Gasteiger partial charge in [-0.25, -0.2) is 0 Å². The molecule has 0 bridgehead atoms. The van der Waals surface area contributed by atoms with E-state index in [1.165, 1.54) is 0 Å². The third-order valence-electron chi connectivity index (χ3n) is 6.59. The topological polar surface area (TPSA) is 26.7 Å². The highest BCUT2D eigenvalue weighted by molar-refractivity contribution is 5.85. The van der Waals surface area contributed by atoms with Gasteiger partial charge in [-0.3, -0.25) is 9.80 Å². The maximum absolute atomic E-state index is 14.6. The van der Waals surface area contributed by atoms with Crippen LogP contribution in [0.25, 0.3) is 0 Å². The summed E-state index contributed by atoms with van der Waals surface area (Å²) in [5.74, 6) is 0. The lowest BCUT2D eigenvalue weighted by Crippen LogP contribution is -2.52. The molecule has 31 heavy (non-hydrogen) atoms. The first kappa shape index (κ1) is 25.9. The molecule has 2 aromatic rings. The van der Waals surface area contributed by atoms with Crippen LogP contribution in [0, 0.1) is 0 Å². The maximum Gasteiger partial charge on any atom is 0.402 e. The summed E-state index contributed by atoms with van der Waals surface area (Å²) < 4.78 is 43.9. The Morgan fingerprint density at radius 3 is 2.13 bits per heavy atom. The molecule has 2 aromatic carbocycles. The van der Waals surface area contributed by atoms with Crippen molar-refractivity contribution in [3.05, 3.63) is 71.3 Å². The largest absolute Gasteiger partial charge is 0.402 e. The number of fused-ring (bicyclic) bond motifs is 1. The van der Waals surface area contributed by atoms with E-state index >= 15 is 0 Å². The van der Waals surface area contributed by atoms with Crippen LogP contribution in [0.15, 0.2) is 54.6 Å². The van der Waals surface area contributed by atoms with Crippen molar-refractivity contribution in [2.75, 3.05) is 39.3 Å². The second-order valence-corrected chi connectivity index (χ2v) is 8.01. The van der Waals surface area contributed by atoms with Gasteiger partial charge in [0.05, 0.1) is 6.61 Å². The van der Waals surface area contributed by atoms with Gasteiger partial charge in [0.25, 0.3) is 0 Å². The Morgan fingerprint density at radius 2 is 1.52 bits per heavy atom. The second kappa shape index (κ2) is 10.5. The number of alkyl halides is 3. The van der Waals surface area contributed by atoms with Gasteiger partial charge in [-0.2, -0.15) is 13.2 Å². The number of hydrogen-bond donors (Lipinski definition) is 1. The minimum atomic E-state index is -4.37. The molecular formula is C23H29Cl2F3N2O. The van der Waals surface area contributed by atoms with E-state index in [1.54, 1.807) is 42.5 Å². The standard InChI is InChI=1S/C23H27F3N2O.2ClH/c24-23(25,26)22(18-6-2-1-3-7-18)11-10-21(19-8-4-5-9-20(19)22)28-14-12-27(13-15-28)16-17-29;;/h1-9,21,29H,10-17H2;2*1H/t21-,22+;;/m0../s1. The summed E-state index contributed by atoms with van der Waals surface area (Å²) in [6.45, 7) is 4.08. The lowest BCUT2D eigenvalue weighted by molar-refractivity contribution is -0.183. The summed E-state index contributed by atoms with van der Waals surface area (Å²) in [4.78, 5) is 4.52. The molecule has 0 unspecified atom stereocenters. The number of nitrogens with zero attached hydrogens (tertiary/aromatic N) is 2. The first-order valence-corrected chi connectivity index (χ1v) is 10.3. The van der Waals surface area contributed by atoms with Crippen molar-refractivity contribution >= 4 is 24.8 Å². The van der Waals surface area contributed by atoms with Gasteiger partial charge in [0.15, 0.2) is 0 Å². The summed E-state index contributed by atoms with van der Waals surface area (Å²) >= 11 is 0. The molecule has 3 nitrogen and oxygen atoms in total. The van der Waals surface area contributed by atoms with Crippen LogP contribution in [0.2, 0.25) is 0 Å². The van der Waals surface area contributed by atoms with E-state index in [2.05, 4.69) is 9.80 Å². The molecule has 0 aromatic heterocycles. The fraction of sp³-hybridized carbons (Fsp3) is 0.478. The number of piperazine rings is 1. The lowest BCUT2D eigenvalue weighted by atomic mass is 9.64. The summed E-state index contributed by atoms with van der Waals surface area (Å²) in [5.41, 5.74) is -0.436. The normalized spacial score (nSPS) is 24.6. The van der Waals surface area contributed by atoms with Crippen molar-refractivity contribution in [3.8, 4) is 0 Å². The summed E-state index contributed by atoms with van der Waals surface area (Å²) in [6.07, 6.45) is -3.83. The van der Waals surface area contributed by atoms with Gasteiger partial charge in [-0.05, 0) is 29.5 Å². The fourth-order valence-electron chi connectivity index (χ4n) is 5.12. The maximum atomic E-state index is 14.6. The average Bonchev–Trinajstić information content (AvgIpc) is 2.74. The van der Waals surface area contributed by atoms with Gasteiger partial charge < -0.3 is 5.11 Å². The predicted octanol–water partition coefficient (Wildman–Crippen LogP) is 4.82. The molecule has 4 rings (SSSR count). The Labute approximate surface area is 194 Å². The van der Waals surface area contributed by atoms with E-state index in [-0.39, 0.29) is 43.9 Å². The van der Waals surface area contributed by atoms with Crippen molar-refractivity contribution in [2.24, 2.45) is 0 Å². The van der Waals surface area contributed by atoms with Gasteiger partial charge in [-0.1, -0.05) is 54.6 Å². The molecule has 1 aliphatic heterocycles. The Hall–Kier alpha value is -1.31. The SMILES string of the molecule is Cl.Cl.OCCN1CCN([C@H]2CC[C@](c3ccccc3)(C(F)(F)F)c3ccccc32)CC1. The Kier molecular flexibility index (Phi) is 8.82. The van der Waals surface area contributed by atoms with Crippen LogP contribution in [-0.4, -0.2) is 60.4 Å². The zero-order chi connectivity index (χ0) is 20.5. The molecular weight excluding hydrogens is 448 g/mol. The number of aliphatic hydroxyl groups is 1. The molecule has 1 fully saturated rings. The minimum absolute atomic E-state index is 0. The lowest BCUT2D eigenvalue weighted by Gasteiger charge is -2.47. The third kappa shape index (κ3) is 4.74. The molecule has 1 saturated heterocycles. The van der Waals surface area contributed by atoms with E-state index in [9.17, 15) is 13.2 Å². The van der Waals surface area contributed by atoms with Crippen LogP contribution in [0.3, 0.4) is 0 Å².